The second kappa shape index (κ2) is 6.53. The molecule has 1 aliphatic carbocycles. The number of thiophene rings is 1. The normalized spacial score (nSPS) is 19.4. The van der Waals surface area contributed by atoms with Crippen LogP contribution in [0, 0.1) is 0 Å². The average molecular weight is 252 g/mol. The van der Waals surface area contributed by atoms with Gasteiger partial charge in [-0.3, -0.25) is 0 Å². The number of nitrogens with one attached hydrogen (secondary N) is 2. The number of rotatable bonds is 6. The molecular formula is C14H24N2S. The van der Waals surface area contributed by atoms with E-state index in [1.54, 1.807) is 11.3 Å². The Hall–Kier alpha value is -0.380. The van der Waals surface area contributed by atoms with Crippen LogP contribution in [0.25, 0.3) is 0 Å². The van der Waals surface area contributed by atoms with Crippen LogP contribution in [0.5, 0.6) is 0 Å². The zero-order valence-corrected chi connectivity index (χ0v) is 11.6. The molecule has 2 nitrogen and oxygen atoms in total. The van der Waals surface area contributed by atoms with Crippen LogP contribution in [-0.4, -0.2) is 19.1 Å². The molecule has 0 aliphatic heterocycles. The summed E-state index contributed by atoms with van der Waals surface area (Å²) in [6, 6.07) is 2.20. The Morgan fingerprint density at radius 1 is 1.29 bits per heavy atom. The highest BCUT2D eigenvalue weighted by molar-refractivity contribution is 7.07. The molecule has 0 saturated heterocycles. The van der Waals surface area contributed by atoms with Crippen LogP contribution in [0.15, 0.2) is 16.8 Å². The molecule has 0 radical (unpaired) electrons. The van der Waals surface area contributed by atoms with Crippen molar-refractivity contribution in [3.8, 4) is 0 Å². The first kappa shape index (κ1) is 13.1. The predicted octanol–water partition coefficient (Wildman–Crippen LogP) is 3.15. The Kier molecular flexibility index (Phi) is 5.01. The minimum absolute atomic E-state index is 0.417. The Labute approximate surface area is 109 Å². The topological polar surface area (TPSA) is 24.1 Å². The first-order chi connectivity index (χ1) is 8.35. The lowest BCUT2D eigenvalue weighted by molar-refractivity contribution is 0.228. The van der Waals surface area contributed by atoms with Crippen molar-refractivity contribution < 1.29 is 0 Å². The molecule has 1 aliphatic rings. The van der Waals surface area contributed by atoms with Gasteiger partial charge in [-0.05, 0) is 55.2 Å². The lowest BCUT2D eigenvalue weighted by atomic mass is 9.79. The second-order valence-electron chi connectivity index (χ2n) is 5.15. The van der Waals surface area contributed by atoms with E-state index in [0.717, 1.165) is 13.1 Å². The molecule has 3 heteroatoms. The highest BCUT2D eigenvalue weighted by Crippen LogP contribution is 2.30. The van der Waals surface area contributed by atoms with E-state index in [-0.39, 0.29) is 0 Å². The van der Waals surface area contributed by atoms with Crippen LogP contribution in [0.1, 0.15) is 44.1 Å². The van der Waals surface area contributed by atoms with Crippen LogP contribution in [0.3, 0.4) is 0 Å². The Morgan fingerprint density at radius 2 is 2.12 bits per heavy atom. The van der Waals surface area contributed by atoms with Crippen LogP contribution in [-0.2, 0) is 6.54 Å². The van der Waals surface area contributed by atoms with Gasteiger partial charge in [-0.2, -0.15) is 11.3 Å². The van der Waals surface area contributed by atoms with Crippen molar-refractivity contribution in [2.24, 2.45) is 0 Å². The summed E-state index contributed by atoms with van der Waals surface area (Å²) in [7, 11) is 2.13. The maximum Gasteiger partial charge on any atom is 0.0213 e. The summed E-state index contributed by atoms with van der Waals surface area (Å²) in [4.78, 5) is 0. The van der Waals surface area contributed by atoms with Crippen molar-refractivity contribution in [1.82, 2.24) is 10.6 Å². The van der Waals surface area contributed by atoms with Gasteiger partial charge in [0.1, 0.15) is 0 Å². The fourth-order valence-electron chi connectivity index (χ4n) is 2.81. The maximum atomic E-state index is 3.57. The molecule has 96 valence electrons. The zero-order valence-electron chi connectivity index (χ0n) is 10.8. The first-order valence-electron chi connectivity index (χ1n) is 6.75. The summed E-state index contributed by atoms with van der Waals surface area (Å²) in [6.07, 6.45) is 8.17. The molecule has 0 bridgehead atoms. The van der Waals surface area contributed by atoms with Crippen LogP contribution < -0.4 is 10.6 Å². The van der Waals surface area contributed by atoms with Gasteiger partial charge in [0, 0.05) is 12.1 Å². The van der Waals surface area contributed by atoms with Gasteiger partial charge in [-0.25, -0.2) is 0 Å². The molecule has 1 heterocycles. The van der Waals surface area contributed by atoms with Gasteiger partial charge in [0.15, 0.2) is 0 Å². The van der Waals surface area contributed by atoms with E-state index in [4.69, 9.17) is 0 Å². The van der Waals surface area contributed by atoms with E-state index in [9.17, 15) is 0 Å². The molecule has 1 fully saturated rings. The van der Waals surface area contributed by atoms with E-state index in [1.807, 2.05) is 0 Å². The third-order valence-corrected chi connectivity index (χ3v) is 4.76. The van der Waals surface area contributed by atoms with Gasteiger partial charge in [-0.1, -0.05) is 19.3 Å². The average Bonchev–Trinajstić information content (AvgIpc) is 2.89. The Morgan fingerprint density at radius 3 is 2.76 bits per heavy atom. The molecule has 17 heavy (non-hydrogen) atoms. The number of hydrogen-bond donors (Lipinski definition) is 2. The largest absolute Gasteiger partial charge is 0.314 e. The van der Waals surface area contributed by atoms with E-state index >= 15 is 0 Å². The summed E-state index contributed by atoms with van der Waals surface area (Å²) >= 11 is 1.78. The fourth-order valence-corrected chi connectivity index (χ4v) is 3.48. The molecule has 2 rings (SSSR count). The maximum absolute atomic E-state index is 3.57. The summed E-state index contributed by atoms with van der Waals surface area (Å²) < 4.78 is 0. The van der Waals surface area contributed by atoms with E-state index in [0.29, 0.717) is 5.54 Å². The predicted molar refractivity (Wildman–Crippen MR) is 75.5 cm³/mol. The quantitative estimate of drug-likeness (QED) is 0.760. The third kappa shape index (κ3) is 3.80. The van der Waals surface area contributed by atoms with Crippen LogP contribution in [0.2, 0.25) is 0 Å². The fraction of sp³-hybridized carbons (Fsp3) is 0.714. The summed E-state index contributed by atoms with van der Waals surface area (Å²) in [5.74, 6) is 0. The highest BCUT2D eigenvalue weighted by Gasteiger charge is 2.29. The monoisotopic (exact) mass is 252 g/mol. The molecule has 1 aromatic heterocycles. The van der Waals surface area contributed by atoms with Gasteiger partial charge >= 0.3 is 0 Å². The molecular weight excluding hydrogens is 228 g/mol. The van der Waals surface area contributed by atoms with Crippen molar-refractivity contribution in [3.63, 3.8) is 0 Å². The van der Waals surface area contributed by atoms with E-state index < -0.39 is 0 Å². The summed E-state index contributed by atoms with van der Waals surface area (Å²) in [5, 5.41) is 11.5. The first-order valence-corrected chi connectivity index (χ1v) is 7.70. The molecule has 1 saturated carbocycles. The van der Waals surface area contributed by atoms with Crippen LogP contribution in [0.4, 0.5) is 0 Å². The van der Waals surface area contributed by atoms with Crippen molar-refractivity contribution >= 4 is 11.3 Å². The lowest BCUT2D eigenvalue weighted by Gasteiger charge is -2.37. The van der Waals surface area contributed by atoms with Crippen LogP contribution >= 0.6 is 11.3 Å². The molecule has 0 atom stereocenters. The lowest BCUT2D eigenvalue weighted by Crippen LogP contribution is -2.46. The molecule has 0 amide bonds. The molecule has 0 spiro atoms. The molecule has 0 unspecified atom stereocenters. The van der Waals surface area contributed by atoms with Crippen molar-refractivity contribution in [2.45, 2.75) is 50.6 Å². The summed E-state index contributed by atoms with van der Waals surface area (Å²) in [5.41, 5.74) is 1.83. The van der Waals surface area contributed by atoms with Gasteiger partial charge < -0.3 is 10.6 Å². The van der Waals surface area contributed by atoms with Gasteiger partial charge in [0.05, 0.1) is 0 Å². The minimum Gasteiger partial charge on any atom is -0.314 e. The zero-order chi connectivity index (χ0) is 12.0. The van der Waals surface area contributed by atoms with Gasteiger partial charge in [0.2, 0.25) is 0 Å². The third-order valence-electron chi connectivity index (χ3n) is 4.03. The Balaban J connectivity index is 1.69. The van der Waals surface area contributed by atoms with E-state index in [1.165, 1.54) is 44.1 Å². The smallest absolute Gasteiger partial charge is 0.0213 e. The molecule has 0 aromatic carbocycles. The van der Waals surface area contributed by atoms with Gasteiger partial charge in [-0.15, -0.1) is 0 Å². The second-order valence-corrected chi connectivity index (χ2v) is 5.93. The van der Waals surface area contributed by atoms with Crippen molar-refractivity contribution in [2.75, 3.05) is 13.6 Å². The van der Waals surface area contributed by atoms with Crippen molar-refractivity contribution in [1.29, 1.82) is 0 Å². The minimum atomic E-state index is 0.417. The van der Waals surface area contributed by atoms with Gasteiger partial charge in [0.25, 0.3) is 0 Å². The Bertz CT molecular complexity index is 302. The molecule has 2 N–H and O–H groups in total. The standard InChI is InChI=1S/C14H24N2S/c1-15-14(6-3-2-4-7-14)8-9-16-11-13-5-10-17-12-13/h5,10,12,15-16H,2-4,6-9,11H2,1H3. The summed E-state index contributed by atoms with van der Waals surface area (Å²) in [6.45, 7) is 2.14. The highest BCUT2D eigenvalue weighted by atomic mass is 32.1. The van der Waals surface area contributed by atoms with E-state index in [2.05, 4.69) is 34.5 Å². The number of hydrogen-bond acceptors (Lipinski definition) is 3. The van der Waals surface area contributed by atoms with Crippen molar-refractivity contribution in [3.05, 3.63) is 22.4 Å². The molecule has 1 aromatic rings. The SMILES string of the molecule is CNC1(CCNCc2ccsc2)CCCCC1.